The van der Waals surface area contributed by atoms with E-state index in [4.69, 9.17) is 0 Å². The standard InChI is InChI=1S/C14H23NS/c1-10-7-14(16-12(10)3)9-15-11(2)8-13-5-4-6-13/h7,11,13,15H,4-6,8-9H2,1-3H3. The molecule has 0 aromatic carbocycles. The van der Waals surface area contributed by atoms with E-state index < -0.39 is 0 Å². The fraction of sp³-hybridized carbons (Fsp3) is 0.714. The van der Waals surface area contributed by atoms with Crippen LogP contribution < -0.4 is 5.32 Å². The second-order valence-electron chi connectivity index (χ2n) is 5.27. The topological polar surface area (TPSA) is 12.0 Å². The third kappa shape index (κ3) is 3.08. The predicted molar refractivity (Wildman–Crippen MR) is 72.1 cm³/mol. The fourth-order valence-electron chi connectivity index (χ4n) is 2.32. The molecule has 1 atom stereocenters. The number of thiophene rings is 1. The van der Waals surface area contributed by atoms with Crippen molar-refractivity contribution in [2.45, 2.75) is 59.0 Å². The number of hydrogen-bond donors (Lipinski definition) is 1. The molecule has 1 saturated carbocycles. The first-order valence-electron chi connectivity index (χ1n) is 6.44. The Morgan fingerprint density at radius 3 is 2.69 bits per heavy atom. The first-order chi connectivity index (χ1) is 7.65. The van der Waals surface area contributed by atoms with Gasteiger partial charge in [-0.3, -0.25) is 0 Å². The van der Waals surface area contributed by atoms with E-state index in [-0.39, 0.29) is 0 Å². The quantitative estimate of drug-likeness (QED) is 0.815. The Kier molecular flexibility index (Phi) is 4.04. The monoisotopic (exact) mass is 237 g/mol. The zero-order valence-electron chi connectivity index (χ0n) is 10.7. The van der Waals surface area contributed by atoms with Crippen LogP contribution in [0.2, 0.25) is 0 Å². The van der Waals surface area contributed by atoms with Gasteiger partial charge in [0.25, 0.3) is 0 Å². The van der Waals surface area contributed by atoms with Crippen molar-refractivity contribution in [2.24, 2.45) is 5.92 Å². The van der Waals surface area contributed by atoms with Gasteiger partial charge in [0.05, 0.1) is 0 Å². The Labute approximate surface area is 103 Å². The van der Waals surface area contributed by atoms with Crippen LogP contribution in [0.1, 0.15) is 47.9 Å². The van der Waals surface area contributed by atoms with Gasteiger partial charge < -0.3 is 5.32 Å². The minimum absolute atomic E-state index is 0.674. The summed E-state index contributed by atoms with van der Waals surface area (Å²) < 4.78 is 0. The van der Waals surface area contributed by atoms with E-state index in [0.717, 1.165) is 12.5 Å². The van der Waals surface area contributed by atoms with Crippen molar-refractivity contribution >= 4 is 11.3 Å². The Balaban J connectivity index is 1.73. The summed E-state index contributed by atoms with van der Waals surface area (Å²) in [6.45, 7) is 7.79. The van der Waals surface area contributed by atoms with E-state index in [2.05, 4.69) is 32.2 Å². The molecule has 0 amide bonds. The van der Waals surface area contributed by atoms with Crippen LogP contribution in [0.4, 0.5) is 0 Å². The first-order valence-corrected chi connectivity index (χ1v) is 7.26. The molecule has 1 heterocycles. The molecule has 1 unspecified atom stereocenters. The lowest BCUT2D eigenvalue weighted by Crippen LogP contribution is -2.29. The molecule has 16 heavy (non-hydrogen) atoms. The predicted octanol–water partition coefficient (Wildman–Crippen LogP) is 4.03. The Bertz CT molecular complexity index is 319. The number of aryl methyl sites for hydroxylation is 2. The summed E-state index contributed by atoms with van der Waals surface area (Å²) in [5, 5.41) is 3.65. The molecular weight excluding hydrogens is 214 g/mol. The van der Waals surface area contributed by atoms with Crippen molar-refractivity contribution in [3.8, 4) is 0 Å². The number of rotatable bonds is 5. The number of hydrogen-bond acceptors (Lipinski definition) is 2. The average Bonchev–Trinajstić information content (AvgIpc) is 2.50. The fourth-order valence-corrected chi connectivity index (χ4v) is 3.33. The van der Waals surface area contributed by atoms with Crippen molar-refractivity contribution in [1.82, 2.24) is 5.32 Å². The average molecular weight is 237 g/mol. The van der Waals surface area contributed by atoms with E-state index >= 15 is 0 Å². The van der Waals surface area contributed by atoms with E-state index in [1.165, 1.54) is 41.0 Å². The zero-order chi connectivity index (χ0) is 11.5. The maximum absolute atomic E-state index is 3.65. The lowest BCUT2D eigenvalue weighted by atomic mass is 9.81. The highest BCUT2D eigenvalue weighted by Gasteiger charge is 2.19. The molecule has 2 heteroatoms. The van der Waals surface area contributed by atoms with E-state index in [1.807, 2.05) is 11.3 Å². The van der Waals surface area contributed by atoms with Gasteiger partial charge in [-0.15, -0.1) is 11.3 Å². The molecule has 1 N–H and O–H groups in total. The van der Waals surface area contributed by atoms with Crippen molar-refractivity contribution in [2.75, 3.05) is 0 Å². The summed E-state index contributed by atoms with van der Waals surface area (Å²) in [5.41, 5.74) is 1.44. The third-order valence-electron chi connectivity index (χ3n) is 3.75. The lowest BCUT2D eigenvalue weighted by Gasteiger charge is -2.28. The molecule has 1 aromatic heterocycles. The summed E-state index contributed by atoms with van der Waals surface area (Å²) in [4.78, 5) is 2.94. The van der Waals surface area contributed by atoms with Crippen molar-refractivity contribution in [3.05, 3.63) is 21.4 Å². The molecule has 1 aliphatic carbocycles. The van der Waals surface area contributed by atoms with Crippen LogP contribution >= 0.6 is 11.3 Å². The molecule has 0 bridgehead atoms. The van der Waals surface area contributed by atoms with Gasteiger partial charge in [0, 0.05) is 22.3 Å². The van der Waals surface area contributed by atoms with Crippen LogP contribution in [0.25, 0.3) is 0 Å². The molecular formula is C14H23NS. The maximum atomic E-state index is 3.65. The molecule has 1 aliphatic rings. The minimum atomic E-state index is 0.674. The first kappa shape index (κ1) is 12.1. The second-order valence-corrected chi connectivity index (χ2v) is 6.61. The summed E-state index contributed by atoms with van der Waals surface area (Å²) in [6, 6.07) is 3.00. The largest absolute Gasteiger partial charge is 0.309 e. The van der Waals surface area contributed by atoms with Crippen LogP contribution in [0.3, 0.4) is 0 Å². The van der Waals surface area contributed by atoms with Gasteiger partial charge in [0.15, 0.2) is 0 Å². The SMILES string of the molecule is Cc1cc(CNC(C)CC2CCC2)sc1C. The van der Waals surface area contributed by atoms with Crippen LogP contribution in [0, 0.1) is 19.8 Å². The van der Waals surface area contributed by atoms with Gasteiger partial charge >= 0.3 is 0 Å². The molecule has 1 nitrogen and oxygen atoms in total. The smallest absolute Gasteiger partial charge is 0.0302 e. The second kappa shape index (κ2) is 5.33. The molecule has 90 valence electrons. The van der Waals surface area contributed by atoms with Gasteiger partial charge in [0.2, 0.25) is 0 Å². The number of nitrogens with one attached hydrogen (secondary N) is 1. The summed E-state index contributed by atoms with van der Waals surface area (Å²) in [7, 11) is 0. The summed E-state index contributed by atoms with van der Waals surface area (Å²) >= 11 is 1.93. The summed E-state index contributed by atoms with van der Waals surface area (Å²) in [5.74, 6) is 1.01. The Morgan fingerprint density at radius 1 is 1.44 bits per heavy atom. The van der Waals surface area contributed by atoms with Crippen molar-refractivity contribution in [3.63, 3.8) is 0 Å². The highest BCUT2D eigenvalue weighted by Crippen LogP contribution is 2.30. The van der Waals surface area contributed by atoms with Crippen LogP contribution in [0.5, 0.6) is 0 Å². The Hall–Kier alpha value is -0.340. The summed E-state index contributed by atoms with van der Waals surface area (Å²) in [6.07, 6.45) is 5.75. The van der Waals surface area contributed by atoms with E-state index in [0.29, 0.717) is 6.04 Å². The Morgan fingerprint density at radius 2 is 2.19 bits per heavy atom. The zero-order valence-corrected chi connectivity index (χ0v) is 11.5. The lowest BCUT2D eigenvalue weighted by molar-refractivity contribution is 0.266. The van der Waals surface area contributed by atoms with Crippen molar-refractivity contribution < 1.29 is 0 Å². The van der Waals surface area contributed by atoms with Gasteiger partial charge in [-0.2, -0.15) is 0 Å². The highest BCUT2D eigenvalue weighted by atomic mass is 32.1. The molecule has 0 radical (unpaired) electrons. The molecule has 0 aliphatic heterocycles. The third-order valence-corrected chi connectivity index (χ3v) is 4.91. The molecule has 0 saturated heterocycles. The maximum Gasteiger partial charge on any atom is 0.0302 e. The molecule has 1 aromatic rings. The minimum Gasteiger partial charge on any atom is -0.309 e. The van der Waals surface area contributed by atoms with Gasteiger partial charge in [-0.1, -0.05) is 19.3 Å². The van der Waals surface area contributed by atoms with Crippen LogP contribution in [-0.4, -0.2) is 6.04 Å². The molecule has 1 fully saturated rings. The van der Waals surface area contributed by atoms with Crippen molar-refractivity contribution in [1.29, 1.82) is 0 Å². The van der Waals surface area contributed by atoms with E-state index in [9.17, 15) is 0 Å². The molecule has 2 rings (SSSR count). The van der Waals surface area contributed by atoms with Gasteiger partial charge in [0.1, 0.15) is 0 Å². The van der Waals surface area contributed by atoms with Gasteiger partial charge in [-0.05, 0) is 44.7 Å². The van der Waals surface area contributed by atoms with Crippen LogP contribution in [-0.2, 0) is 6.54 Å². The van der Waals surface area contributed by atoms with Gasteiger partial charge in [-0.25, -0.2) is 0 Å². The van der Waals surface area contributed by atoms with E-state index in [1.54, 1.807) is 0 Å². The highest BCUT2D eigenvalue weighted by molar-refractivity contribution is 7.12. The normalized spacial score (nSPS) is 18.4. The molecule has 0 spiro atoms. The van der Waals surface area contributed by atoms with Crippen LogP contribution in [0.15, 0.2) is 6.07 Å².